The molecule has 0 bridgehead atoms. The van der Waals surface area contributed by atoms with Crippen LogP contribution in [-0.4, -0.2) is 12.6 Å². The molecule has 0 saturated heterocycles. The highest BCUT2D eigenvalue weighted by Crippen LogP contribution is 2.24. The fourth-order valence-corrected chi connectivity index (χ4v) is 2.20. The van der Waals surface area contributed by atoms with E-state index in [1.807, 2.05) is 18.2 Å². The van der Waals surface area contributed by atoms with Crippen molar-refractivity contribution < 1.29 is 4.42 Å². The van der Waals surface area contributed by atoms with Crippen molar-refractivity contribution in [3.05, 3.63) is 35.0 Å². The third kappa shape index (κ3) is 3.50. The maximum atomic E-state index is 5.97. The van der Waals surface area contributed by atoms with Gasteiger partial charge in [-0.1, -0.05) is 32.4 Å². The van der Waals surface area contributed by atoms with Gasteiger partial charge in [0, 0.05) is 22.9 Å². The van der Waals surface area contributed by atoms with Gasteiger partial charge >= 0.3 is 0 Å². The highest BCUT2D eigenvalue weighted by atomic mass is 35.5. The molecule has 0 aliphatic rings. The second kappa shape index (κ2) is 5.77. The van der Waals surface area contributed by atoms with E-state index in [2.05, 4.69) is 32.2 Å². The first-order valence-electron chi connectivity index (χ1n) is 6.46. The van der Waals surface area contributed by atoms with Crippen molar-refractivity contribution in [1.82, 2.24) is 5.32 Å². The van der Waals surface area contributed by atoms with E-state index in [0.717, 1.165) is 34.7 Å². The lowest BCUT2D eigenvalue weighted by Crippen LogP contribution is -2.28. The predicted molar refractivity (Wildman–Crippen MR) is 77.2 cm³/mol. The van der Waals surface area contributed by atoms with Gasteiger partial charge in [0.2, 0.25) is 0 Å². The van der Waals surface area contributed by atoms with Crippen molar-refractivity contribution in [2.24, 2.45) is 5.92 Å². The summed E-state index contributed by atoms with van der Waals surface area (Å²) in [6.45, 7) is 7.57. The van der Waals surface area contributed by atoms with Gasteiger partial charge in [0.15, 0.2) is 0 Å². The Balaban J connectivity index is 2.03. The van der Waals surface area contributed by atoms with Crippen LogP contribution in [0, 0.1) is 5.92 Å². The van der Waals surface area contributed by atoms with Crippen LogP contribution in [0.1, 0.15) is 26.5 Å². The van der Waals surface area contributed by atoms with E-state index in [9.17, 15) is 0 Å². The smallest absolute Gasteiger partial charge is 0.134 e. The lowest BCUT2D eigenvalue weighted by molar-refractivity contribution is 0.436. The molecule has 0 radical (unpaired) electrons. The Morgan fingerprint density at radius 1 is 1.22 bits per heavy atom. The molecule has 0 spiro atoms. The summed E-state index contributed by atoms with van der Waals surface area (Å²) >= 11 is 5.97. The minimum Gasteiger partial charge on any atom is -0.461 e. The fourth-order valence-electron chi connectivity index (χ4n) is 2.02. The molecule has 98 valence electrons. The topological polar surface area (TPSA) is 25.2 Å². The molecule has 1 aromatic carbocycles. The van der Waals surface area contributed by atoms with Gasteiger partial charge in [0.25, 0.3) is 0 Å². The monoisotopic (exact) mass is 265 g/mol. The maximum Gasteiger partial charge on any atom is 0.134 e. The summed E-state index contributed by atoms with van der Waals surface area (Å²) in [5, 5.41) is 5.28. The third-order valence-corrected chi connectivity index (χ3v) is 3.19. The van der Waals surface area contributed by atoms with E-state index < -0.39 is 0 Å². The first-order chi connectivity index (χ1) is 8.54. The zero-order valence-corrected chi connectivity index (χ0v) is 11.9. The van der Waals surface area contributed by atoms with E-state index in [1.54, 1.807) is 0 Å². The molecule has 0 fully saturated rings. The molecule has 1 atom stereocenters. The average molecular weight is 266 g/mol. The van der Waals surface area contributed by atoms with Crippen molar-refractivity contribution in [3.8, 4) is 0 Å². The van der Waals surface area contributed by atoms with Gasteiger partial charge < -0.3 is 9.73 Å². The summed E-state index contributed by atoms with van der Waals surface area (Å²) in [4.78, 5) is 0. The lowest BCUT2D eigenvalue weighted by Gasteiger charge is -2.13. The Morgan fingerprint density at radius 2 is 2.00 bits per heavy atom. The van der Waals surface area contributed by atoms with Crippen LogP contribution >= 0.6 is 11.6 Å². The number of hydrogen-bond donors (Lipinski definition) is 1. The van der Waals surface area contributed by atoms with Crippen molar-refractivity contribution in [3.63, 3.8) is 0 Å². The Kier molecular flexibility index (Phi) is 4.31. The van der Waals surface area contributed by atoms with Crippen LogP contribution in [0.5, 0.6) is 0 Å². The molecule has 2 aromatic rings. The molecule has 0 saturated carbocycles. The first kappa shape index (κ1) is 13.4. The van der Waals surface area contributed by atoms with Crippen LogP contribution in [0.3, 0.4) is 0 Å². The van der Waals surface area contributed by atoms with E-state index in [1.165, 1.54) is 0 Å². The maximum absolute atomic E-state index is 5.97. The molecule has 3 heteroatoms. The summed E-state index contributed by atoms with van der Waals surface area (Å²) in [7, 11) is 0. The molecule has 18 heavy (non-hydrogen) atoms. The van der Waals surface area contributed by atoms with E-state index in [0.29, 0.717) is 12.0 Å². The molecule has 1 N–H and O–H groups in total. The number of hydrogen-bond acceptors (Lipinski definition) is 2. The highest BCUT2D eigenvalue weighted by Gasteiger charge is 2.09. The van der Waals surface area contributed by atoms with Crippen LogP contribution in [0.25, 0.3) is 11.0 Å². The van der Waals surface area contributed by atoms with Crippen molar-refractivity contribution >= 4 is 22.6 Å². The predicted octanol–water partition coefficient (Wildman–Crippen LogP) is 4.26. The van der Waals surface area contributed by atoms with Crippen LogP contribution in [0.2, 0.25) is 5.02 Å². The van der Waals surface area contributed by atoms with Gasteiger partial charge in [-0.25, -0.2) is 0 Å². The number of fused-ring (bicyclic) bond motifs is 1. The van der Waals surface area contributed by atoms with Gasteiger partial charge in [0.05, 0.1) is 0 Å². The summed E-state index contributed by atoms with van der Waals surface area (Å²) in [6.07, 6.45) is 0.950. The first-order valence-corrected chi connectivity index (χ1v) is 6.83. The minimum absolute atomic E-state index is 0.530. The standard InChI is InChI=1S/C15H20ClNO/c1-10(2)17-9-11(3)6-14-8-12-7-13(16)4-5-15(12)18-14/h4-5,7-8,10-11,17H,6,9H2,1-3H3. The summed E-state index contributed by atoms with van der Waals surface area (Å²) in [5.74, 6) is 1.59. The van der Waals surface area contributed by atoms with Crippen molar-refractivity contribution in [1.29, 1.82) is 0 Å². The Bertz CT molecular complexity index is 518. The number of furan rings is 1. The number of rotatable bonds is 5. The number of nitrogens with one attached hydrogen (secondary N) is 1. The molecule has 1 aromatic heterocycles. The van der Waals surface area contributed by atoms with Crippen molar-refractivity contribution in [2.75, 3.05) is 6.54 Å². The average Bonchev–Trinajstić information content (AvgIpc) is 2.67. The molecular weight excluding hydrogens is 246 g/mol. The molecule has 1 heterocycles. The zero-order valence-electron chi connectivity index (χ0n) is 11.2. The lowest BCUT2D eigenvalue weighted by atomic mass is 10.1. The van der Waals surface area contributed by atoms with Gasteiger partial charge in [-0.05, 0) is 36.7 Å². The quantitative estimate of drug-likeness (QED) is 0.874. The van der Waals surface area contributed by atoms with E-state index in [-0.39, 0.29) is 0 Å². The van der Waals surface area contributed by atoms with Gasteiger partial charge in [0.1, 0.15) is 11.3 Å². The second-order valence-electron chi connectivity index (χ2n) is 5.27. The SMILES string of the molecule is CC(CNC(C)C)Cc1cc2cc(Cl)ccc2o1. The fraction of sp³-hybridized carbons (Fsp3) is 0.467. The highest BCUT2D eigenvalue weighted by molar-refractivity contribution is 6.31. The summed E-state index contributed by atoms with van der Waals surface area (Å²) in [5.41, 5.74) is 0.915. The van der Waals surface area contributed by atoms with E-state index in [4.69, 9.17) is 16.0 Å². The molecule has 1 unspecified atom stereocenters. The molecule has 0 amide bonds. The van der Waals surface area contributed by atoms with Gasteiger partial charge in [-0.15, -0.1) is 0 Å². The minimum atomic E-state index is 0.530. The molecule has 0 aliphatic carbocycles. The molecule has 2 nitrogen and oxygen atoms in total. The number of benzene rings is 1. The summed E-state index contributed by atoms with van der Waals surface area (Å²) in [6, 6.07) is 8.36. The van der Waals surface area contributed by atoms with Crippen LogP contribution < -0.4 is 5.32 Å². The normalized spacial score (nSPS) is 13.4. The van der Waals surface area contributed by atoms with E-state index >= 15 is 0 Å². The van der Waals surface area contributed by atoms with Crippen molar-refractivity contribution in [2.45, 2.75) is 33.2 Å². The Hall–Kier alpha value is -0.990. The summed E-state index contributed by atoms with van der Waals surface area (Å²) < 4.78 is 5.81. The van der Waals surface area contributed by atoms with Crippen LogP contribution in [0.15, 0.2) is 28.7 Å². The van der Waals surface area contributed by atoms with Crippen LogP contribution in [0.4, 0.5) is 0 Å². The zero-order chi connectivity index (χ0) is 13.1. The molecule has 0 aliphatic heterocycles. The third-order valence-electron chi connectivity index (χ3n) is 2.95. The second-order valence-corrected chi connectivity index (χ2v) is 5.70. The Morgan fingerprint density at radius 3 is 2.72 bits per heavy atom. The Labute approximate surface area is 113 Å². The largest absolute Gasteiger partial charge is 0.461 e. The number of halogens is 1. The van der Waals surface area contributed by atoms with Gasteiger partial charge in [-0.3, -0.25) is 0 Å². The van der Waals surface area contributed by atoms with Crippen LogP contribution in [-0.2, 0) is 6.42 Å². The van der Waals surface area contributed by atoms with Gasteiger partial charge in [-0.2, -0.15) is 0 Å². The molecular formula is C15H20ClNO. The molecule has 2 rings (SSSR count).